The van der Waals surface area contributed by atoms with Crippen LogP contribution in [0.1, 0.15) is 6.42 Å². The number of epoxide rings is 1. The molecule has 0 aliphatic carbocycles. The Morgan fingerprint density at radius 2 is 2.12 bits per heavy atom. The molecule has 0 amide bonds. The van der Waals surface area contributed by atoms with E-state index < -0.39 is 9.76 Å². The molecule has 1 unspecified atom stereocenters. The van der Waals surface area contributed by atoms with Gasteiger partial charge in [-0.25, -0.2) is 0 Å². The monoisotopic (exact) mass is 250 g/mol. The van der Waals surface area contributed by atoms with Crippen LogP contribution in [0.15, 0.2) is 0 Å². The first-order valence-corrected chi connectivity index (χ1v) is 7.27. The first kappa shape index (κ1) is 14.1. The van der Waals surface area contributed by atoms with Crippen LogP contribution in [0.3, 0.4) is 0 Å². The van der Waals surface area contributed by atoms with Gasteiger partial charge in [0.1, 0.15) is 6.10 Å². The lowest BCUT2D eigenvalue weighted by molar-refractivity contribution is -0.122. The van der Waals surface area contributed by atoms with Crippen molar-refractivity contribution in [3.8, 4) is 0 Å². The van der Waals surface area contributed by atoms with Crippen molar-refractivity contribution in [1.29, 1.82) is 0 Å². The highest BCUT2D eigenvalue weighted by atomic mass is 28.2. The predicted octanol–water partition coefficient (Wildman–Crippen LogP) is -0.0705. The molecule has 16 heavy (non-hydrogen) atoms. The van der Waals surface area contributed by atoms with E-state index in [1.807, 2.05) is 0 Å². The second-order valence-corrected chi connectivity index (χ2v) is 5.24. The lowest BCUT2D eigenvalue weighted by Crippen LogP contribution is -2.21. The van der Waals surface area contributed by atoms with Gasteiger partial charge in [0.2, 0.25) is 0 Å². The molecule has 0 aromatic rings. The van der Waals surface area contributed by atoms with Crippen LogP contribution in [0, 0.1) is 0 Å². The molecule has 1 saturated heterocycles. The molecule has 0 aromatic carbocycles. The topological polar surface area (TPSA) is 49.5 Å². The van der Waals surface area contributed by atoms with Gasteiger partial charge in [0.25, 0.3) is 0 Å². The number of hydrogen-bond donors (Lipinski definition) is 0. The Balaban J connectivity index is 1.73. The SMILES string of the molecule is COC(CO[SiH2]CCCOCC1CO1)OC. The summed E-state index contributed by atoms with van der Waals surface area (Å²) in [6, 6.07) is 1.13. The van der Waals surface area contributed by atoms with Gasteiger partial charge in [-0.15, -0.1) is 0 Å². The zero-order chi connectivity index (χ0) is 11.6. The molecule has 0 spiro atoms. The zero-order valence-electron chi connectivity index (χ0n) is 10.1. The van der Waals surface area contributed by atoms with Crippen LogP contribution in [-0.4, -0.2) is 62.8 Å². The summed E-state index contributed by atoms with van der Waals surface area (Å²) in [5.41, 5.74) is 0. The summed E-state index contributed by atoms with van der Waals surface area (Å²) in [4.78, 5) is 0. The molecule has 1 heterocycles. The maximum absolute atomic E-state index is 5.53. The fourth-order valence-electron chi connectivity index (χ4n) is 1.20. The number of rotatable bonds is 11. The Kier molecular flexibility index (Phi) is 8.00. The van der Waals surface area contributed by atoms with Crippen LogP contribution in [0.4, 0.5) is 0 Å². The third-order valence-electron chi connectivity index (χ3n) is 2.31. The second-order valence-electron chi connectivity index (χ2n) is 3.71. The van der Waals surface area contributed by atoms with Crippen molar-refractivity contribution < 1.29 is 23.4 Å². The average Bonchev–Trinajstić information content (AvgIpc) is 3.11. The normalized spacial score (nSPS) is 20.1. The molecule has 1 fully saturated rings. The molecule has 1 aliphatic rings. The number of methoxy groups -OCH3 is 2. The molecule has 1 rings (SSSR count). The van der Waals surface area contributed by atoms with E-state index in [1.54, 1.807) is 14.2 Å². The van der Waals surface area contributed by atoms with Crippen molar-refractivity contribution >= 4 is 9.76 Å². The average molecular weight is 250 g/mol. The van der Waals surface area contributed by atoms with Gasteiger partial charge in [-0.2, -0.15) is 0 Å². The van der Waals surface area contributed by atoms with Gasteiger partial charge in [0, 0.05) is 20.8 Å². The quantitative estimate of drug-likeness (QED) is 0.222. The number of ether oxygens (including phenoxy) is 4. The summed E-state index contributed by atoms with van der Waals surface area (Å²) >= 11 is 0. The minimum Gasteiger partial charge on any atom is -0.419 e. The lowest BCUT2D eigenvalue weighted by atomic mass is 10.5. The van der Waals surface area contributed by atoms with Crippen LogP contribution < -0.4 is 0 Å². The summed E-state index contributed by atoms with van der Waals surface area (Å²) in [6.07, 6.45) is 1.22. The summed E-state index contributed by atoms with van der Waals surface area (Å²) in [5, 5.41) is 0. The van der Waals surface area contributed by atoms with Gasteiger partial charge in [-0.3, -0.25) is 0 Å². The fourth-order valence-corrected chi connectivity index (χ4v) is 2.17. The van der Waals surface area contributed by atoms with Gasteiger partial charge in [-0.1, -0.05) is 0 Å². The fraction of sp³-hybridized carbons (Fsp3) is 1.00. The van der Waals surface area contributed by atoms with Gasteiger partial charge in [0.15, 0.2) is 16.1 Å². The minimum atomic E-state index is -0.453. The van der Waals surface area contributed by atoms with Crippen LogP contribution in [0.2, 0.25) is 6.04 Å². The standard InChI is InChI=1S/C10H22O5Si/c1-11-10(12-2)8-15-16-5-3-4-13-6-9-7-14-9/h9-10H,3-8,16H2,1-2H3. The van der Waals surface area contributed by atoms with E-state index in [0.29, 0.717) is 12.7 Å². The molecule has 0 bridgehead atoms. The van der Waals surface area contributed by atoms with Gasteiger partial charge in [-0.05, 0) is 12.5 Å². The highest BCUT2D eigenvalue weighted by Crippen LogP contribution is 2.08. The van der Waals surface area contributed by atoms with Crippen molar-refractivity contribution in [2.45, 2.75) is 24.9 Å². The van der Waals surface area contributed by atoms with E-state index in [0.717, 1.165) is 32.3 Å². The molecule has 0 aromatic heterocycles. The van der Waals surface area contributed by atoms with Crippen molar-refractivity contribution in [1.82, 2.24) is 0 Å². The summed E-state index contributed by atoms with van der Waals surface area (Å²) in [6.45, 7) is 2.97. The Labute approximate surface area is 99.3 Å². The van der Waals surface area contributed by atoms with E-state index >= 15 is 0 Å². The smallest absolute Gasteiger partial charge is 0.178 e. The largest absolute Gasteiger partial charge is 0.419 e. The van der Waals surface area contributed by atoms with Crippen LogP contribution in [0.25, 0.3) is 0 Å². The molecular weight excluding hydrogens is 228 g/mol. The van der Waals surface area contributed by atoms with E-state index in [9.17, 15) is 0 Å². The Morgan fingerprint density at radius 3 is 2.75 bits per heavy atom. The first-order valence-electron chi connectivity index (χ1n) is 5.69. The molecule has 5 nitrogen and oxygen atoms in total. The van der Waals surface area contributed by atoms with E-state index in [-0.39, 0.29) is 6.29 Å². The van der Waals surface area contributed by atoms with E-state index in [1.165, 1.54) is 0 Å². The maximum atomic E-state index is 5.53. The number of hydrogen-bond acceptors (Lipinski definition) is 5. The third kappa shape index (κ3) is 7.32. The molecule has 6 heteroatoms. The van der Waals surface area contributed by atoms with Crippen LogP contribution >= 0.6 is 0 Å². The van der Waals surface area contributed by atoms with Crippen molar-refractivity contribution in [2.75, 3.05) is 40.6 Å². The minimum absolute atomic E-state index is 0.226. The first-order chi connectivity index (χ1) is 7.86. The van der Waals surface area contributed by atoms with E-state index in [2.05, 4.69) is 0 Å². The summed E-state index contributed by atoms with van der Waals surface area (Å²) in [7, 11) is 2.78. The molecule has 0 radical (unpaired) electrons. The Hall–Kier alpha value is 0.0169. The highest BCUT2D eigenvalue weighted by molar-refractivity contribution is 6.26. The summed E-state index contributed by atoms with van der Waals surface area (Å²) < 4.78 is 26.0. The Bertz CT molecular complexity index is 161. The molecule has 96 valence electrons. The zero-order valence-corrected chi connectivity index (χ0v) is 11.6. The molecule has 1 aliphatic heterocycles. The predicted molar refractivity (Wildman–Crippen MR) is 62.3 cm³/mol. The molecule has 0 saturated carbocycles. The molecular formula is C10H22O5Si. The Morgan fingerprint density at radius 1 is 1.38 bits per heavy atom. The maximum Gasteiger partial charge on any atom is 0.178 e. The van der Waals surface area contributed by atoms with Crippen molar-refractivity contribution in [3.63, 3.8) is 0 Å². The van der Waals surface area contributed by atoms with Gasteiger partial charge < -0.3 is 23.4 Å². The molecule has 1 atom stereocenters. The van der Waals surface area contributed by atoms with Crippen molar-refractivity contribution in [3.05, 3.63) is 0 Å². The van der Waals surface area contributed by atoms with Crippen molar-refractivity contribution in [2.24, 2.45) is 0 Å². The molecule has 0 N–H and O–H groups in total. The lowest BCUT2D eigenvalue weighted by Gasteiger charge is -2.13. The van der Waals surface area contributed by atoms with E-state index in [4.69, 9.17) is 23.4 Å². The van der Waals surface area contributed by atoms with Gasteiger partial charge >= 0.3 is 0 Å². The highest BCUT2D eigenvalue weighted by Gasteiger charge is 2.21. The third-order valence-corrected chi connectivity index (χ3v) is 3.63. The van der Waals surface area contributed by atoms with Crippen LogP contribution in [-0.2, 0) is 23.4 Å². The second kappa shape index (κ2) is 9.09. The van der Waals surface area contributed by atoms with Crippen LogP contribution in [0.5, 0.6) is 0 Å². The van der Waals surface area contributed by atoms with Gasteiger partial charge in [0.05, 0.1) is 19.8 Å². The summed E-state index contributed by atoms with van der Waals surface area (Å²) in [5.74, 6) is 0.